The molecule has 6 nitrogen and oxygen atoms in total. The molecule has 2 aliphatic rings. The van der Waals surface area contributed by atoms with Gasteiger partial charge in [0.2, 0.25) is 5.91 Å². The Bertz CT molecular complexity index is 934. The summed E-state index contributed by atoms with van der Waals surface area (Å²) in [5.41, 5.74) is 1.01. The van der Waals surface area contributed by atoms with Crippen LogP contribution in [0.15, 0.2) is 24.4 Å². The van der Waals surface area contributed by atoms with Gasteiger partial charge in [0.15, 0.2) is 0 Å². The number of fused-ring (bicyclic) bond motifs is 3. The van der Waals surface area contributed by atoms with Crippen LogP contribution in [-0.4, -0.2) is 52.4 Å². The topological polar surface area (TPSA) is 77.2 Å². The average molecular weight is 415 g/mol. The summed E-state index contributed by atoms with van der Waals surface area (Å²) < 4.78 is 13.6. The van der Waals surface area contributed by atoms with Crippen molar-refractivity contribution in [2.45, 2.75) is 64.1 Å². The number of rotatable bonds is 5. The predicted molar refractivity (Wildman–Crippen MR) is 115 cm³/mol. The number of hydrogen-bond acceptors (Lipinski definition) is 3. The van der Waals surface area contributed by atoms with E-state index in [0.29, 0.717) is 42.0 Å². The molecule has 1 unspecified atom stereocenters. The van der Waals surface area contributed by atoms with Crippen molar-refractivity contribution in [3.05, 3.63) is 35.8 Å². The van der Waals surface area contributed by atoms with Gasteiger partial charge in [0.25, 0.3) is 5.91 Å². The molecular weight excluding hydrogens is 383 g/mol. The van der Waals surface area contributed by atoms with Gasteiger partial charge >= 0.3 is 0 Å². The van der Waals surface area contributed by atoms with Crippen LogP contribution >= 0.6 is 0 Å². The summed E-state index contributed by atoms with van der Waals surface area (Å²) in [5.74, 6) is -0.0465. The van der Waals surface area contributed by atoms with Crippen molar-refractivity contribution in [3.8, 4) is 0 Å². The zero-order chi connectivity index (χ0) is 21.5. The lowest BCUT2D eigenvalue weighted by Gasteiger charge is -2.39. The second-order valence-electron chi connectivity index (χ2n) is 9.80. The molecule has 0 radical (unpaired) electrons. The number of hydrogen-bond donors (Lipinski definition) is 3. The molecule has 1 aromatic carbocycles. The normalized spacial score (nSPS) is 24.2. The van der Waals surface area contributed by atoms with Crippen LogP contribution in [0.2, 0.25) is 0 Å². The van der Waals surface area contributed by atoms with Gasteiger partial charge in [-0.05, 0) is 70.6 Å². The van der Waals surface area contributed by atoms with E-state index in [1.807, 2.05) is 20.8 Å². The number of H-pyrrole nitrogens is 1. The van der Waals surface area contributed by atoms with E-state index in [2.05, 4.69) is 20.5 Å². The second-order valence-corrected chi connectivity index (χ2v) is 9.80. The Balaban J connectivity index is 1.32. The number of benzene rings is 1. The number of halogens is 1. The van der Waals surface area contributed by atoms with Crippen molar-refractivity contribution in [1.29, 1.82) is 0 Å². The molecule has 2 bridgehead atoms. The first kappa shape index (κ1) is 20.8. The average Bonchev–Trinajstić information content (AvgIpc) is 3.15. The Morgan fingerprint density at radius 1 is 1.20 bits per heavy atom. The number of piperidine rings is 1. The highest BCUT2D eigenvalue weighted by atomic mass is 19.1. The quantitative estimate of drug-likeness (QED) is 0.703. The lowest BCUT2D eigenvalue weighted by molar-refractivity contribution is -0.125. The number of nitrogens with one attached hydrogen (secondary N) is 3. The highest BCUT2D eigenvalue weighted by Gasteiger charge is 2.41. The molecular formula is C23H31FN4O2. The molecule has 3 N–H and O–H groups in total. The van der Waals surface area contributed by atoms with Gasteiger partial charge in [0.1, 0.15) is 5.82 Å². The molecule has 0 aliphatic carbocycles. The maximum atomic E-state index is 13.6. The summed E-state index contributed by atoms with van der Waals surface area (Å²) in [5, 5.41) is 6.70. The molecule has 0 spiro atoms. The van der Waals surface area contributed by atoms with E-state index >= 15 is 0 Å². The zero-order valence-corrected chi connectivity index (χ0v) is 17.9. The fourth-order valence-electron chi connectivity index (χ4n) is 5.05. The first-order valence-corrected chi connectivity index (χ1v) is 10.8. The van der Waals surface area contributed by atoms with Crippen molar-refractivity contribution in [3.63, 3.8) is 0 Å². The Morgan fingerprint density at radius 3 is 2.57 bits per heavy atom. The van der Waals surface area contributed by atoms with E-state index in [1.165, 1.54) is 12.1 Å². The number of aromatic amines is 1. The van der Waals surface area contributed by atoms with Gasteiger partial charge in [-0.15, -0.1) is 0 Å². The van der Waals surface area contributed by atoms with Gasteiger partial charge in [0.05, 0.1) is 12.1 Å². The molecule has 0 saturated carbocycles. The Kier molecular flexibility index (Phi) is 5.57. The van der Waals surface area contributed by atoms with E-state index in [0.717, 1.165) is 31.2 Å². The molecule has 1 aromatic heterocycles. The molecule has 2 aromatic rings. The Labute approximate surface area is 176 Å². The standard InChI is InChI=1S/C23H31FN4O2/c1-23(2,3)27-21(29)13-28-16-5-6-17(28)9-14(8-16)11-26-22(30)19-12-25-20-7-4-15(24)10-18(19)20/h4,7,10,12,14,16-17,25H,5-6,8-9,11,13H2,1-3H3,(H,26,30)(H,27,29)/t14?,16-,17+. The van der Waals surface area contributed by atoms with E-state index in [4.69, 9.17) is 0 Å². The molecule has 2 fully saturated rings. The molecule has 3 heterocycles. The molecule has 3 atom stereocenters. The first-order valence-electron chi connectivity index (χ1n) is 10.8. The molecule has 2 aliphatic heterocycles. The van der Waals surface area contributed by atoms with Gasteiger partial charge in [0, 0.05) is 41.3 Å². The SMILES string of the molecule is CC(C)(C)NC(=O)CN1[C@@H]2CC[C@H]1CC(CNC(=O)c1c[nH]c3ccc(F)cc13)C2. The van der Waals surface area contributed by atoms with Gasteiger partial charge < -0.3 is 15.6 Å². The van der Waals surface area contributed by atoms with Crippen LogP contribution in [0.1, 0.15) is 56.8 Å². The highest BCUT2D eigenvalue weighted by Crippen LogP contribution is 2.38. The zero-order valence-electron chi connectivity index (χ0n) is 17.9. The summed E-state index contributed by atoms with van der Waals surface area (Å²) >= 11 is 0. The van der Waals surface area contributed by atoms with Gasteiger partial charge in [-0.2, -0.15) is 0 Å². The molecule has 2 amide bonds. The summed E-state index contributed by atoms with van der Waals surface area (Å²) in [4.78, 5) is 30.4. The first-order chi connectivity index (χ1) is 14.2. The molecule has 162 valence electrons. The van der Waals surface area contributed by atoms with E-state index < -0.39 is 0 Å². The van der Waals surface area contributed by atoms with Gasteiger partial charge in [-0.3, -0.25) is 14.5 Å². The minimum Gasteiger partial charge on any atom is -0.360 e. The second kappa shape index (κ2) is 8.02. The largest absolute Gasteiger partial charge is 0.360 e. The van der Waals surface area contributed by atoms with Crippen molar-refractivity contribution >= 4 is 22.7 Å². The van der Waals surface area contributed by atoms with Crippen molar-refractivity contribution in [2.75, 3.05) is 13.1 Å². The van der Waals surface area contributed by atoms with E-state index in [1.54, 1.807) is 12.3 Å². The summed E-state index contributed by atoms with van der Waals surface area (Å²) in [6.45, 7) is 7.05. The number of nitrogens with zero attached hydrogens (tertiary/aromatic N) is 1. The lowest BCUT2D eigenvalue weighted by atomic mass is 9.90. The number of carbonyl (C=O) groups is 2. The van der Waals surface area contributed by atoms with Crippen molar-refractivity contribution in [2.24, 2.45) is 5.92 Å². The van der Waals surface area contributed by atoms with Crippen LogP contribution in [0.4, 0.5) is 4.39 Å². The third-order valence-electron chi connectivity index (χ3n) is 6.26. The molecule has 4 rings (SSSR count). The van der Waals surface area contributed by atoms with Gasteiger partial charge in [-0.25, -0.2) is 4.39 Å². The minimum atomic E-state index is -0.351. The third-order valence-corrected chi connectivity index (χ3v) is 6.26. The van der Waals surface area contributed by atoms with Crippen LogP contribution in [0.3, 0.4) is 0 Å². The number of aromatic nitrogens is 1. The van der Waals surface area contributed by atoms with Crippen LogP contribution < -0.4 is 10.6 Å². The minimum absolute atomic E-state index is 0.0812. The summed E-state index contributed by atoms with van der Waals surface area (Å²) in [6, 6.07) is 5.22. The molecule has 30 heavy (non-hydrogen) atoms. The third kappa shape index (κ3) is 4.51. The van der Waals surface area contributed by atoms with Crippen LogP contribution in [0.25, 0.3) is 10.9 Å². The Morgan fingerprint density at radius 2 is 1.90 bits per heavy atom. The fourth-order valence-corrected chi connectivity index (χ4v) is 5.05. The van der Waals surface area contributed by atoms with E-state index in [9.17, 15) is 14.0 Å². The van der Waals surface area contributed by atoms with Crippen LogP contribution in [0.5, 0.6) is 0 Å². The number of amides is 2. The number of carbonyl (C=O) groups excluding carboxylic acids is 2. The Hall–Kier alpha value is -2.41. The predicted octanol–water partition coefficient (Wildman–Crippen LogP) is 3.19. The maximum Gasteiger partial charge on any atom is 0.253 e. The smallest absolute Gasteiger partial charge is 0.253 e. The van der Waals surface area contributed by atoms with Crippen LogP contribution in [0, 0.1) is 11.7 Å². The van der Waals surface area contributed by atoms with Crippen molar-refractivity contribution in [1.82, 2.24) is 20.5 Å². The van der Waals surface area contributed by atoms with Crippen LogP contribution in [-0.2, 0) is 4.79 Å². The fraction of sp³-hybridized carbons (Fsp3) is 0.565. The monoisotopic (exact) mass is 414 g/mol. The van der Waals surface area contributed by atoms with Crippen molar-refractivity contribution < 1.29 is 14.0 Å². The van der Waals surface area contributed by atoms with Gasteiger partial charge in [-0.1, -0.05) is 0 Å². The molecule has 7 heteroatoms. The summed E-state index contributed by atoms with van der Waals surface area (Å²) in [6.07, 6.45) is 5.84. The summed E-state index contributed by atoms with van der Waals surface area (Å²) in [7, 11) is 0. The highest BCUT2D eigenvalue weighted by molar-refractivity contribution is 6.06. The molecule has 2 saturated heterocycles. The lowest BCUT2D eigenvalue weighted by Crippen LogP contribution is -2.52. The van der Waals surface area contributed by atoms with E-state index in [-0.39, 0.29) is 23.2 Å². The maximum absolute atomic E-state index is 13.6.